The van der Waals surface area contributed by atoms with Gasteiger partial charge < -0.3 is 31.3 Å². The Labute approximate surface area is 236 Å². The molecule has 2 aromatic rings. The summed E-state index contributed by atoms with van der Waals surface area (Å²) in [7, 11) is 2.83. The lowest BCUT2D eigenvalue weighted by Gasteiger charge is -2.53. The summed E-state index contributed by atoms with van der Waals surface area (Å²) in [6.07, 6.45) is -6.53. The zero-order valence-corrected chi connectivity index (χ0v) is 22.3. The smallest absolute Gasteiger partial charge is 0.416 e. The summed E-state index contributed by atoms with van der Waals surface area (Å²) >= 11 is 0. The van der Waals surface area contributed by atoms with Crippen LogP contribution in [0.2, 0.25) is 0 Å². The highest BCUT2D eigenvalue weighted by atomic mass is 19.4. The monoisotopic (exact) mass is 588 g/mol. The fourth-order valence-corrected chi connectivity index (χ4v) is 6.73. The molecule has 10 nitrogen and oxygen atoms in total. The fourth-order valence-electron chi connectivity index (χ4n) is 6.73. The number of nitrogens with zero attached hydrogens (tertiary/aromatic N) is 1. The standard InChI is InChI=1S/C29H27F3N2O8/c1-34(2)21-20-23(37)17-14(10-11-6-8-12(9-7-11)29(30,31)32)13-4-3-5-15(35)16(13)22(36)18(17)25(39)28(20,42)26(40)19(24(21)38)27(33)41/h3-9,14,17,20-21,23,35,37-39,42H,10H2,1-2H3,(H2,33,41). The molecular weight excluding hydrogens is 561 g/mol. The molecule has 3 aliphatic rings. The van der Waals surface area contributed by atoms with Crippen LogP contribution in [0.25, 0.3) is 0 Å². The molecule has 42 heavy (non-hydrogen) atoms. The predicted molar refractivity (Wildman–Crippen MR) is 139 cm³/mol. The second kappa shape index (κ2) is 9.68. The fraction of sp³-hybridized carbons (Fsp3) is 0.345. The number of hydrogen-bond donors (Lipinski definition) is 6. The van der Waals surface area contributed by atoms with E-state index in [0.717, 1.165) is 12.1 Å². The Bertz CT molecular complexity index is 1580. The van der Waals surface area contributed by atoms with Crippen LogP contribution in [0.4, 0.5) is 13.2 Å². The Morgan fingerprint density at radius 1 is 1.05 bits per heavy atom. The van der Waals surface area contributed by atoms with Crippen LogP contribution in [-0.2, 0) is 22.2 Å². The number of likely N-dealkylation sites (N-methyl/N-ethyl adjacent to an activating group) is 1. The number of carbonyl (C=O) groups excluding carboxylic acids is 3. The van der Waals surface area contributed by atoms with Crippen LogP contribution in [0.1, 0.15) is 33.0 Å². The minimum atomic E-state index is -4.59. The maximum atomic E-state index is 13.8. The van der Waals surface area contributed by atoms with Crippen molar-refractivity contribution in [1.82, 2.24) is 4.90 Å². The molecule has 0 saturated heterocycles. The number of nitrogens with two attached hydrogens (primary N) is 1. The summed E-state index contributed by atoms with van der Waals surface area (Å²) in [5.41, 5.74) is 0.00231. The molecule has 0 aliphatic heterocycles. The minimum Gasteiger partial charge on any atom is -0.510 e. The number of primary amides is 1. The zero-order valence-electron chi connectivity index (χ0n) is 22.3. The van der Waals surface area contributed by atoms with E-state index in [1.807, 2.05) is 0 Å². The van der Waals surface area contributed by atoms with Gasteiger partial charge in [-0.2, -0.15) is 13.2 Å². The van der Waals surface area contributed by atoms with Crippen molar-refractivity contribution in [3.05, 3.63) is 87.4 Å². The third-order valence-electron chi connectivity index (χ3n) is 8.54. The molecule has 5 rings (SSSR count). The molecule has 3 aliphatic carbocycles. The van der Waals surface area contributed by atoms with Crippen LogP contribution in [-0.4, -0.2) is 79.7 Å². The Morgan fingerprint density at radius 3 is 2.21 bits per heavy atom. The van der Waals surface area contributed by atoms with Crippen molar-refractivity contribution in [2.24, 2.45) is 17.6 Å². The van der Waals surface area contributed by atoms with E-state index in [-0.39, 0.29) is 17.5 Å². The first-order chi connectivity index (χ1) is 19.5. The normalized spacial score (nSPS) is 29.4. The average Bonchev–Trinajstić information content (AvgIpc) is 2.89. The van der Waals surface area contributed by atoms with E-state index in [2.05, 4.69) is 0 Å². The quantitative estimate of drug-likeness (QED) is 0.291. The number of ketones is 2. The van der Waals surface area contributed by atoms with Crippen LogP contribution in [0.15, 0.2) is 65.1 Å². The lowest BCUT2D eigenvalue weighted by molar-refractivity contribution is -0.162. The van der Waals surface area contributed by atoms with Gasteiger partial charge in [-0.25, -0.2) is 0 Å². The number of Topliss-reactive ketones (excluding diaryl/α,β-unsaturated/α-hetero) is 2. The van der Waals surface area contributed by atoms with E-state index in [9.17, 15) is 53.1 Å². The van der Waals surface area contributed by atoms with Gasteiger partial charge in [0.25, 0.3) is 5.91 Å². The Kier molecular flexibility index (Phi) is 6.75. The molecule has 2 aromatic carbocycles. The minimum absolute atomic E-state index is 0.0968. The van der Waals surface area contributed by atoms with Crippen molar-refractivity contribution in [1.29, 1.82) is 0 Å². The van der Waals surface area contributed by atoms with Crippen molar-refractivity contribution >= 4 is 17.5 Å². The van der Waals surface area contributed by atoms with Gasteiger partial charge in [0.2, 0.25) is 5.78 Å². The van der Waals surface area contributed by atoms with E-state index < -0.39 is 93.1 Å². The molecule has 13 heteroatoms. The van der Waals surface area contributed by atoms with E-state index in [1.165, 1.54) is 49.3 Å². The lowest BCUT2D eigenvalue weighted by atomic mass is 9.54. The van der Waals surface area contributed by atoms with Crippen LogP contribution in [0.5, 0.6) is 5.75 Å². The molecule has 0 saturated carbocycles. The highest BCUT2D eigenvalue weighted by Gasteiger charge is 2.67. The number of fused-ring (bicyclic) bond motifs is 3. The molecule has 0 spiro atoms. The van der Waals surface area contributed by atoms with Gasteiger partial charge in [0.15, 0.2) is 11.4 Å². The van der Waals surface area contributed by atoms with Crippen LogP contribution < -0.4 is 5.73 Å². The first kappa shape index (κ1) is 29.3. The molecule has 0 fully saturated rings. The van der Waals surface area contributed by atoms with E-state index >= 15 is 0 Å². The number of amides is 1. The van der Waals surface area contributed by atoms with Gasteiger partial charge in [0.1, 0.15) is 22.8 Å². The molecule has 6 unspecified atom stereocenters. The number of phenolic OH excluding ortho intramolecular Hbond substituents is 1. The highest BCUT2D eigenvalue weighted by molar-refractivity contribution is 6.25. The van der Waals surface area contributed by atoms with Crippen LogP contribution in [0.3, 0.4) is 0 Å². The van der Waals surface area contributed by atoms with Crippen LogP contribution >= 0.6 is 0 Å². The van der Waals surface area contributed by atoms with Gasteiger partial charge in [0.05, 0.1) is 29.2 Å². The number of rotatable bonds is 4. The lowest BCUT2D eigenvalue weighted by Crippen LogP contribution is -2.68. The highest BCUT2D eigenvalue weighted by Crippen LogP contribution is 2.56. The second-order valence-electron chi connectivity index (χ2n) is 11.0. The topological polar surface area (TPSA) is 182 Å². The molecule has 222 valence electrons. The van der Waals surface area contributed by atoms with Crippen molar-refractivity contribution in [3.8, 4) is 5.75 Å². The number of alkyl halides is 3. The zero-order chi connectivity index (χ0) is 31.0. The first-order valence-electron chi connectivity index (χ1n) is 12.8. The van der Waals surface area contributed by atoms with Crippen molar-refractivity contribution in [2.75, 3.05) is 14.1 Å². The molecular formula is C29H27F3N2O8. The summed E-state index contributed by atoms with van der Waals surface area (Å²) in [4.78, 5) is 40.7. The number of halogens is 3. The third-order valence-corrected chi connectivity index (χ3v) is 8.54. The molecule has 6 atom stereocenters. The SMILES string of the molecule is CN(C)C1C(O)=C(C(N)=O)C(=O)C2(O)C(O)=C3C(=O)c4c(O)cccc4C(Cc4ccc(C(F)(F)F)cc4)C3C(O)C12. The number of aliphatic hydroxyl groups is 4. The summed E-state index contributed by atoms with van der Waals surface area (Å²) in [6, 6.07) is 6.85. The Balaban J connectivity index is 1.75. The van der Waals surface area contributed by atoms with Gasteiger partial charge in [-0.05, 0) is 55.8 Å². The van der Waals surface area contributed by atoms with Crippen LogP contribution in [0, 0.1) is 11.8 Å². The van der Waals surface area contributed by atoms with Crippen molar-refractivity contribution in [3.63, 3.8) is 0 Å². The number of benzene rings is 2. The number of aromatic hydroxyl groups is 1. The van der Waals surface area contributed by atoms with Gasteiger partial charge >= 0.3 is 6.18 Å². The van der Waals surface area contributed by atoms with Gasteiger partial charge in [-0.3, -0.25) is 19.3 Å². The predicted octanol–water partition coefficient (Wildman–Crippen LogP) is 1.89. The number of carbonyl (C=O) groups is 3. The summed E-state index contributed by atoms with van der Waals surface area (Å²) in [6.45, 7) is 0. The average molecular weight is 589 g/mol. The summed E-state index contributed by atoms with van der Waals surface area (Å²) in [5.74, 6) is -10.5. The summed E-state index contributed by atoms with van der Waals surface area (Å²) < 4.78 is 39.5. The Hall–Kier alpha value is -4.20. The first-order valence-corrected chi connectivity index (χ1v) is 12.8. The molecule has 7 N–H and O–H groups in total. The third kappa shape index (κ3) is 4.02. The van der Waals surface area contributed by atoms with E-state index in [0.29, 0.717) is 5.56 Å². The summed E-state index contributed by atoms with van der Waals surface area (Å²) in [5, 5.41) is 56.8. The number of aliphatic hydroxyl groups excluding tert-OH is 3. The molecule has 0 heterocycles. The van der Waals surface area contributed by atoms with Gasteiger partial charge in [0, 0.05) is 11.5 Å². The number of hydrogen-bond acceptors (Lipinski definition) is 9. The largest absolute Gasteiger partial charge is 0.510 e. The molecule has 1 amide bonds. The van der Waals surface area contributed by atoms with E-state index in [4.69, 9.17) is 5.73 Å². The van der Waals surface area contributed by atoms with E-state index in [1.54, 1.807) is 0 Å². The van der Waals surface area contributed by atoms with Crippen molar-refractivity contribution < 1.29 is 53.1 Å². The number of phenols is 1. The molecule has 0 bridgehead atoms. The Morgan fingerprint density at radius 2 is 1.67 bits per heavy atom. The maximum absolute atomic E-state index is 13.8. The van der Waals surface area contributed by atoms with Gasteiger partial charge in [-0.1, -0.05) is 24.3 Å². The maximum Gasteiger partial charge on any atom is 0.416 e. The van der Waals surface area contributed by atoms with Crippen molar-refractivity contribution in [2.45, 2.75) is 36.3 Å². The molecule has 0 radical (unpaired) electrons. The molecule has 0 aromatic heterocycles. The second-order valence-corrected chi connectivity index (χ2v) is 11.0. The van der Waals surface area contributed by atoms with Gasteiger partial charge in [-0.15, -0.1) is 0 Å².